The Bertz CT molecular complexity index is 982. The summed E-state index contributed by atoms with van der Waals surface area (Å²) in [5.41, 5.74) is -0.0279. The fourth-order valence-electron chi connectivity index (χ4n) is 2.88. The zero-order chi connectivity index (χ0) is 21.2. The Kier molecular flexibility index (Phi) is 5.79. The molecule has 1 saturated heterocycles. The van der Waals surface area contributed by atoms with E-state index in [0.717, 1.165) is 12.8 Å². The molecule has 7 nitrogen and oxygen atoms in total. The molecule has 1 fully saturated rings. The van der Waals surface area contributed by atoms with Gasteiger partial charge >= 0.3 is 11.9 Å². The number of ether oxygens (including phenoxy) is 2. The lowest BCUT2D eigenvalue weighted by Crippen LogP contribution is -2.44. The van der Waals surface area contributed by atoms with Crippen LogP contribution in [-0.4, -0.2) is 23.7 Å². The van der Waals surface area contributed by atoms with Crippen molar-refractivity contribution >= 4 is 35.6 Å². The van der Waals surface area contributed by atoms with Crippen molar-refractivity contribution in [2.75, 3.05) is 0 Å². The largest absolute Gasteiger partial charge is 0.545 e. The van der Waals surface area contributed by atoms with Gasteiger partial charge in [-0.05, 0) is 36.2 Å². The summed E-state index contributed by atoms with van der Waals surface area (Å²) >= 11 is 6.12. The molecule has 1 aromatic heterocycles. The van der Waals surface area contributed by atoms with Gasteiger partial charge in [0.15, 0.2) is 0 Å². The van der Waals surface area contributed by atoms with Crippen LogP contribution in [0, 0.1) is 0 Å². The first-order chi connectivity index (χ1) is 13.7. The highest BCUT2D eigenvalue weighted by atomic mass is 35.5. The minimum atomic E-state index is -1.35. The minimum absolute atomic E-state index is 0.0634. The summed E-state index contributed by atoms with van der Waals surface area (Å²) in [5.74, 6) is -3.79. The van der Waals surface area contributed by atoms with Gasteiger partial charge in [-0.25, -0.2) is 9.59 Å². The van der Waals surface area contributed by atoms with Gasteiger partial charge in [0.1, 0.15) is 17.1 Å². The van der Waals surface area contributed by atoms with Crippen LogP contribution in [0.1, 0.15) is 49.2 Å². The monoisotopic (exact) mass is 417 g/mol. The second-order valence-electron chi connectivity index (χ2n) is 6.76. The summed E-state index contributed by atoms with van der Waals surface area (Å²) < 4.78 is 16.2. The zero-order valence-electron chi connectivity index (χ0n) is 15.8. The first-order valence-corrected chi connectivity index (χ1v) is 9.39. The Morgan fingerprint density at radius 1 is 1.17 bits per heavy atom. The molecule has 2 aromatic rings. The van der Waals surface area contributed by atoms with Crippen molar-refractivity contribution in [1.29, 1.82) is 0 Å². The number of furan rings is 1. The number of carbonyl (C=O) groups is 3. The maximum atomic E-state index is 12.3. The van der Waals surface area contributed by atoms with E-state index in [-0.39, 0.29) is 27.7 Å². The lowest BCUT2D eigenvalue weighted by molar-refractivity contribution is -0.255. The first-order valence-electron chi connectivity index (χ1n) is 9.02. The molecule has 8 heteroatoms. The number of unbranched alkanes of at least 4 members (excludes halogenated alkanes) is 1. The van der Waals surface area contributed by atoms with Gasteiger partial charge in [0, 0.05) is 25.0 Å². The van der Waals surface area contributed by atoms with Gasteiger partial charge in [-0.2, -0.15) is 0 Å². The molecule has 0 amide bonds. The van der Waals surface area contributed by atoms with Gasteiger partial charge in [0.05, 0.1) is 11.0 Å². The van der Waals surface area contributed by atoms with Crippen molar-refractivity contribution < 1.29 is 33.4 Å². The van der Waals surface area contributed by atoms with Crippen LogP contribution in [0.15, 0.2) is 40.3 Å². The number of halogens is 1. The van der Waals surface area contributed by atoms with Crippen LogP contribution in [0.5, 0.6) is 0 Å². The number of carboxylic acids is 1. The Labute approximate surface area is 171 Å². The van der Waals surface area contributed by atoms with Crippen LogP contribution in [0.3, 0.4) is 0 Å². The number of carbonyl (C=O) groups excluding carboxylic acids is 3. The molecule has 0 N–H and O–H groups in total. The van der Waals surface area contributed by atoms with Crippen LogP contribution in [0.25, 0.3) is 17.4 Å². The molecule has 152 valence electrons. The van der Waals surface area contributed by atoms with Crippen LogP contribution in [-0.2, 0) is 19.1 Å². The molecule has 0 radical (unpaired) electrons. The van der Waals surface area contributed by atoms with Crippen molar-refractivity contribution in [3.05, 3.63) is 52.3 Å². The van der Waals surface area contributed by atoms with Crippen LogP contribution >= 0.6 is 11.6 Å². The second-order valence-corrected chi connectivity index (χ2v) is 7.17. The van der Waals surface area contributed by atoms with E-state index < -0.39 is 23.7 Å². The van der Waals surface area contributed by atoms with Crippen molar-refractivity contribution in [2.24, 2.45) is 0 Å². The van der Waals surface area contributed by atoms with Gasteiger partial charge in [0.25, 0.3) is 5.79 Å². The Balaban J connectivity index is 1.86. The zero-order valence-corrected chi connectivity index (χ0v) is 16.6. The van der Waals surface area contributed by atoms with Crippen molar-refractivity contribution in [1.82, 2.24) is 0 Å². The predicted octanol–water partition coefficient (Wildman–Crippen LogP) is 3.35. The van der Waals surface area contributed by atoms with E-state index >= 15 is 0 Å². The fourth-order valence-corrected chi connectivity index (χ4v) is 3.09. The molecule has 1 aliphatic rings. The average molecular weight is 418 g/mol. The predicted molar refractivity (Wildman–Crippen MR) is 102 cm³/mol. The number of hydrogen-bond acceptors (Lipinski definition) is 7. The topological polar surface area (TPSA) is 106 Å². The SMILES string of the molecule is CCCCC1(C)OC(=O)C(=Cc2ccc(-c3cc(C(=O)[O-])ccc3Cl)o2)C(=O)O1. The molecule has 29 heavy (non-hydrogen) atoms. The molecular formula is C21H18ClO7-. The molecule has 3 rings (SSSR count). The number of hydrogen-bond donors (Lipinski definition) is 0. The smallest absolute Gasteiger partial charge is 0.348 e. The molecule has 0 unspecified atom stereocenters. The summed E-state index contributed by atoms with van der Waals surface area (Å²) in [6, 6.07) is 7.09. The number of esters is 2. The van der Waals surface area contributed by atoms with Crippen LogP contribution in [0.2, 0.25) is 5.02 Å². The highest BCUT2D eigenvalue weighted by Gasteiger charge is 2.42. The summed E-state index contributed by atoms with van der Waals surface area (Å²) in [6.45, 7) is 3.52. The number of carboxylic acid groups (broad SMARTS) is 1. The van der Waals surface area contributed by atoms with Gasteiger partial charge in [-0.15, -0.1) is 0 Å². The van der Waals surface area contributed by atoms with E-state index in [9.17, 15) is 19.5 Å². The summed E-state index contributed by atoms with van der Waals surface area (Å²) in [7, 11) is 0. The summed E-state index contributed by atoms with van der Waals surface area (Å²) in [6.07, 6.45) is 3.23. The standard InChI is InChI=1S/C21H19ClO7/c1-3-4-9-21(2)28-19(25)15(20(26)29-21)11-13-6-8-17(27-13)14-10-12(18(23)24)5-7-16(14)22/h5-8,10-11H,3-4,9H2,1-2H3,(H,23,24)/p-1. The number of benzene rings is 1. The molecule has 0 aliphatic carbocycles. The van der Waals surface area contributed by atoms with E-state index in [2.05, 4.69) is 0 Å². The summed E-state index contributed by atoms with van der Waals surface area (Å²) in [4.78, 5) is 35.7. The Morgan fingerprint density at radius 3 is 2.48 bits per heavy atom. The van der Waals surface area contributed by atoms with Gasteiger partial charge in [0.2, 0.25) is 0 Å². The molecule has 1 aliphatic heterocycles. The van der Waals surface area contributed by atoms with Gasteiger partial charge < -0.3 is 23.8 Å². The number of rotatable bonds is 6. The van der Waals surface area contributed by atoms with E-state index in [4.69, 9.17) is 25.5 Å². The van der Waals surface area contributed by atoms with E-state index in [1.165, 1.54) is 36.4 Å². The number of aromatic carboxylic acids is 1. The van der Waals surface area contributed by atoms with Crippen LogP contribution in [0.4, 0.5) is 0 Å². The van der Waals surface area contributed by atoms with Crippen molar-refractivity contribution in [2.45, 2.75) is 38.9 Å². The lowest BCUT2D eigenvalue weighted by Gasteiger charge is -2.33. The molecule has 0 saturated carbocycles. The molecule has 0 atom stereocenters. The highest BCUT2D eigenvalue weighted by molar-refractivity contribution is 6.33. The first kappa shape index (κ1) is 20.7. The highest BCUT2D eigenvalue weighted by Crippen LogP contribution is 2.32. The van der Waals surface area contributed by atoms with E-state index in [0.29, 0.717) is 12.0 Å². The van der Waals surface area contributed by atoms with Crippen LogP contribution < -0.4 is 5.11 Å². The second kappa shape index (κ2) is 8.13. The maximum absolute atomic E-state index is 12.3. The molecule has 1 aromatic carbocycles. The van der Waals surface area contributed by atoms with Crippen molar-refractivity contribution in [3.8, 4) is 11.3 Å². The van der Waals surface area contributed by atoms with E-state index in [1.54, 1.807) is 6.92 Å². The average Bonchev–Trinajstić information content (AvgIpc) is 3.12. The maximum Gasteiger partial charge on any atom is 0.348 e. The molecular weight excluding hydrogens is 400 g/mol. The van der Waals surface area contributed by atoms with Gasteiger partial charge in [-0.1, -0.05) is 31.0 Å². The lowest BCUT2D eigenvalue weighted by atomic mass is 10.1. The molecule has 2 heterocycles. The third kappa shape index (κ3) is 4.51. The minimum Gasteiger partial charge on any atom is -0.545 e. The Hall–Kier alpha value is -3.06. The van der Waals surface area contributed by atoms with Crippen molar-refractivity contribution in [3.63, 3.8) is 0 Å². The fraction of sp³-hybridized carbons (Fsp3) is 0.286. The van der Waals surface area contributed by atoms with E-state index in [1.807, 2.05) is 6.92 Å². The quantitative estimate of drug-likeness (QED) is 0.403. The summed E-state index contributed by atoms with van der Waals surface area (Å²) in [5, 5.41) is 11.3. The third-order valence-corrected chi connectivity index (χ3v) is 4.75. The number of cyclic esters (lactones) is 2. The normalized spacial score (nSPS) is 18.9. The molecule has 0 bridgehead atoms. The van der Waals surface area contributed by atoms with Gasteiger partial charge in [-0.3, -0.25) is 0 Å². The Morgan fingerprint density at radius 2 is 1.86 bits per heavy atom. The third-order valence-electron chi connectivity index (χ3n) is 4.42. The molecule has 0 spiro atoms.